The molecule has 1 aromatic rings. The van der Waals surface area contributed by atoms with Crippen LogP contribution in [0.15, 0.2) is 30.3 Å². The molecule has 2 atom stereocenters. The molecule has 0 aromatic heterocycles. The smallest absolute Gasteiger partial charge is 0.310 e. The molecule has 1 unspecified atom stereocenters. The fourth-order valence-electron chi connectivity index (χ4n) is 2.84. The fraction of sp³-hybridized carbons (Fsp3) is 0.529. The molecule has 0 radical (unpaired) electrons. The van der Waals surface area contributed by atoms with Crippen LogP contribution in [0, 0.1) is 17.2 Å². The Kier molecular flexibility index (Phi) is 5.77. The summed E-state index contributed by atoms with van der Waals surface area (Å²) in [6, 6.07) is 12.2. The minimum Gasteiger partial charge on any atom is -0.466 e. The summed E-state index contributed by atoms with van der Waals surface area (Å²) < 4.78 is 5.12. The van der Waals surface area contributed by atoms with E-state index in [0.29, 0.717) is 19.7 Å². The number of nitrogens with zero attached hydrogens (tertiary/aromatic N) is 2. The zero-order valence-electron chi connectivity index (χ0n) is 12.5. The lowest BCUT2D eigenvalue weighted by atomic mass is 9.95. The van der Waals surface area contributed by atoms with E-state index < -0.39 is 0 Å². The van der Waals surface area contributed by atoms with Crippen LogP contribution in [0.4, 0.5) is 0 Å². The highest BCUT2D eigenvalue weighted by Gasteiger charge is 2.28. The molecule has 2 rings (SSSR count). The quantitative estimate of drug-likeness (QED) is 0.781. The van der Waals surface area contributed by atoms with Gasteiger partial charge in [0, 0.05) is 13.1 Å². The molecule has 0 saturated carbocycles. The zero-order valence-corrected chi connectivity index (χ0v) is 12.5. The van der Waals surface area contributed by atoms with Crippen molar-refractivity contribution in [3.8, 4) is 6.07 Å². The summed E-state index contributed by atoms with van der Waals surface area (Å²) >= 11 is 0. The van der Waals surface area contributed by atoms with Crippen LogP contribution in [0.2, 0.25) is 0 Å². The van der Waals surface area contributed by atoms with E-state index in [-0.39, 0.29) is 17.8 Å². The molecular formula is C17H22N2O2. The third kappa shape index (κ3) is 4.30. The van der Waals surface area contributed by atoms with Crippen molar-refractivity contribution < 1.29 is 9.53 Å². The van der Waals surface area contributed by atoms with E-state index in [1.165, 1.54) is 0 Å². The summed E-state index contributed by atoms with van der Waals surface area (Å²) in [6.07, 6.45) is 1.87. The molecule has 1 aliphatic rings. The van der Waals surface area contributed by atoms with Gasteiger partial charge in [-0.1, -0.05) is 30.3 Å². The van der Waals surface area contributed by atoms with Crippen LogP contribution < -0.4 is 0 Å². The van der Waals surface area contributed by atoms with Crippen LogP contribution in [-0.4, -0.2) is 37.1 Å². The number of hydrogen-bond acceptors (Lipinski definition) is 4. The number of ether oxygens (including phenoxy) is 1. The number of carbonyl (C=O) groups excluding carboxylic acids is 1. The van der Waals surface area contributed by atoms with E-state index in [1.807, 2.05) is 37.3 Å². The minimum atomic E-state index is -0.146. The molecule has 1 aliphatic heterocycles. The summed E-state index contributed by atoms with van der Waals surface area (Å²) in [5.41, 5.74) is 1.04. The Hall–Kier alpha value is -1.86. The molecule has 1 heterocycles. The number of benzene rings is 1. The summed E-state index contributed by atoms with van der Waals surface area (Å²) in [5.74, 6) is -0.295. The molecule has 4 heteroatoms. The minimum absolute atomic E-state index is 0.0474. The molecule has 0 bridgehead atoms. The number of rotatable bonds is 5. The Balaban J connectivity index is 1.95. The lowest BCUT2D eigenvalue weighted by Gasteiger charge is -2.32. The van der Waals surface area contributed by atoms with Crippen LogP contribution in [0.5, 0.6) is 0 Å². The van der Waals surface area contributed by atoms with Crippen molar-refractivity contribution in [2.45, 2.75) is 25.7 Å². The highest BCUT2D eigenvalue weighted by atomic mass is 16.5. The first-order chi connectivity index (χ1) is 10.2. The monoisotopic (exact) mass is 286 g/mol. The van der Waals surface area contributed by atoms with Crippen LogP contribution in [0.1, 0.15) is 31.2 Å². The average molecular weight is 286 g/mol. The van der Waals surface area contributed by atoms with Gasteiger partial charge in [0.05, 0.1) is 24.5 Å². The molecule has 1 aromatic carbocycles. The van der Waals surface area contributed by atoms with Crippen LogP contribution in [-0.2, 0) is 9.53 Å². The summed E-state index contributed by atoms with van der Waals surface area (Å²) in [7, 11) is 0. The third-order valence-corrected chi connectivity index (χ3v) is 3.92. The maximum atomic E-state index is 11.9. The number of nitriles is 1. The molecule has 112 valence electrons. The van der Waals surface area contributed by atoms with E-state index in [4.69, 9.17) is 4.74 Å². The Morgan fingerprint density at radius 1 is 1.48 bits per heavy atom. The highest BCUT2D eigenvalue weighted by Crippen LogP contribution is 2.22. The second-order valence-electron chi connectivity index (χ2n) is 5.44. The van der Waals surface area contributed by atoms with Crippen molar-refractivity contribution in [2.24, 2.45) is 5.92 Å². The lowest BCUT2D eigenvalue weighted by Crippen LogP contribution is -2.41. The van der Waals surface area contributed by atoms with Gasteiger partial charge in [-0.15, -0.1) is 0 Å². The van der Waals surface area contributed by atoms with E-state index in [0.717, 1.165) is 24.9 Å². The Morgan fingerprint density at radius 3 is 2.90 bits per heavy atom. The third-order valence-electron chi connectivity index (χ3n) is 3.92. The van der Waals surface area contributed by atoms with Crippen LogP contribution in [0.25, 0.3) is 0 Å². The second-order valence-corrected chi connectivity index (χ2v) is 5.44. The maximum absolute atomic E-state index is 11.9. The first-order valence-electron chi connectivity index (χ1n) is 7.58. The number of carbonyl (C=O) groups is 1. The van der Waals surface area contributed by atoms with Crippen LogP contribution >= 0.6 is 0 Å². The van der Waals surface area contributed by atoms with Gasteiger partial charge in [-0.3, -0.25) is 4.79 Å². The van der Waals surface area contributed by atoms with Gasteiger partial charge < -0.3 is 9.64 Å². The average Bonchev–Trinajstić information content (AvgIpc) is 2.54. The predicted octanol–water partition coefficient (Wildman–Crippen LogP) is 2.57. The van der Waals surface area contributed by atoms with Crippen molar-refractivity contribution in [2.75, 3.05) is 26.2 Å². The number of esters is 1. The molecule has 1 fully saturated rings. The van der Waals surface area contributed by atoms with E-state index in [9.17, 15) is 10.1 Å². The molecule has 21 heavy (non-hydrogen) atoms. The van der Waals surface area contributed by atoms with Gasteiger partial charge in [0.2, 0.25) is 0 Å². The van der Waals surface area contributed by atoms with E-state index in [2.05, 4.69) is 11.0 Å². The van der Waals surface area contributed by atoms with Gasteiger partial charge in [0.15, 0.2) is 0 Å². The van der Waals surface area contributed by atoms with Gasteiger partial charge in [-0.25, -0.2) is 0 Å². The highest BCUT2D eigenvalue weighted by molar-refractivity contribution is 5.72. The standard InChI is InChI=1S/C17H22N2O2/c1-2-21-17(20)15-9-6-10-19(12-15)13-16(11-18)14-7-4-3-5-8-14/h3-5,7-8,15-16H,2,6,9-10,12-13H2,1H3/t15-,16?/m1/s1. The Bertz CT molecular complexity index is 495. The topological polar surface area (TPSA) is 53.3 Å². The normalized spacial score (nSPS) is 20.5. The van der Waals surface area contributed by atoms with Gasteiger partial charge in [0.25, 0.3) is 0 Å². The summed E-state index contributed by atoms with van der Waals surface area (Å²) in [6.45, 7) is 4.58. The summed E-state index contributed by atoms with van der Waals surface area (Å²) in [4.78, 5) is 14.1. The predicted molar refractivity (Wildman–Crippen MR) is 80.6 cm³/mol. The van der Waals surface area contributed by atoms with Gasteiger partial charge >= 0.3 is 5.97 Å². The number of likely N-dealkylation sites (tertiary alicyclic amines) is 1. The fourth-order valence-corrected chi connectivity index (χ4v) is 2.84. The van der Waals surface area contributed by atoms with Gasteiger partial charge in [-0.2, -0.15) is 5.26 Å². The molecule has 4 nitrogen and oxygen atoms in total. The second kappa shape index (κ2) is 7.80. The SMILES string of the molecule is CCOC(=O)[C@@H]1CCCN(CC(C#N)c2ccccc2)C1. The Labute approximate surface area is 126 Å². The Morgan fingerprint density at radius 2 is 2.24 bits per heavy atom. The molecule has 0 spiro atoms. The maximum Gasteiger partial charge on any atom is 0.310 e. The lowest BCUT2D eigenvalue weighted by molar-refractivity contribution is -0.149. The van der Waals surface area contributed by atoms with Gasteiger partial charge in [0.1, 0.15) is 0 Å². The van der Waals surface area contributed by atoms with Crippen molar-refractivity contribution in [1.29, 1.82) is 5.26 Å². The van der Waals surface area contributed by atoms with Crippen molar-refractivity contribution in [3.63, 3.8) is 0 Å². The van der Waals surface area contributed by atoms with E-state index in [1.54, 1.807) is 0 Å². The number of hydrogen-bond donors (Lipinski definition) is 0. The molecule has 1 saturated heterocycles. The molecule has 0 aliphatic carbocycles. The molecule has 0 amide bonds. The van der Waals surface area contributed by atoms with Crippen molar-refractivity contribution in [3.05, 3.63) is 35.9 Å². The van der Waals surface area contributed by atoms with Crippen LogP contribution in [0.3, 0.4) is 0 Å². The zero-order chi connectivity index (χ0) is 15.1. The van der Waals surface area contributed by atoms with E-state index >= 15 is 0 Å². The molecule has 0 N–H and O–H groups in total. The summed E-state index contributed by atoms with van der Waals surface area (Å²) in [5, 5.41) is 9.40. The first kappa shape index (κ1) is 15.5. The first-order valence-corrected chi connectivity index (χ1v) is 7.58. The number of piperidine rings is 1. The van der Waals surface area contributed by atoms with Crippen molar-refractivity contribution in [1.82, 2.24) is 4.90 Å². The molecular weight excluding hydrogens is 264 g/mol. The van der Waals surface area contributed by atoms with Gasteiger partial charge in [-0.05, 0) is 31.9 Å². The largest absolute Gasteiger partial charge is 0.466 e. The van der Waals surface area contributed by atoms with Crippen molar-refractivity contribution >= 4 is 5.97 Å².